The number of esters is 1. The Hall–Kier alpha value is -1.55. The van der Waals surface area contributed by atoms with Crippen LogP contribution in [-0.4, -0.2) is 18.2 Å². The number of phenolic OH excluding ortho intramolecular Hbond substituents is 1. The summed E-state index contributed by atoms with van der Waals surface area (Å²) in [5.41, 5.74) is 7.73. The maximum atomic E-state index is 11.2. The van der Waals surface area contributed by atoms with Gasteiger partial charge in [0.2, 0.25) is 0 Å². The number of aryl methyl sites for hydroxylation is 2. The average molecular weight is 209 g/mol. The molecule has 0 aliphatic carbocycles. The Morgan fingerprint density at radius 2 is 1.87 bits per heavy atom. The molecule has 1 atom stereocenters. The fourth-order valence-electron chi connectivity index (χ4n) is 1.43. The number of aromatic hydroxyl groups is 1. The molecule has 0 spiro atoms. The normalized spacial score (nSPS) is 12.3. The van der Waals surface area contributed by atoms with Crippen LogP contribution < -0.4 is 5.73 Å². The van der Waals surface area contributed by atoms with Crippen LogP contribution in [0.15, 0.2) is 12.1 Å². The summed E-state index contributed by atoms with van der Waals surface area (Å²) in [4.78, 5) is 11.2. The minimum absolute atomic E-state index is 0.232. The van der Waals surface area contributed by atoms with Crippen LogP contribution in [0.25, 0.3) is 0 Å². The first kappa shape index (κ1) is 11.5. The highest BCUT2D eigenvalue weighted by molar-refractivity contribution is 5.77. The second-order valence-electron chi connectivity index (χ2n) is 3.50. The van der Waals surface area contributed by atoms with Gasteiger partial charge in [-0.1, -0.05) is 12.1 Å². The van der Waals surface area contributed by atoms with Crippen molar-refractivity contribution in [2.24, 2.45) is 5.73 Å². The molecule has 3 N–H and O–H groups in total. The van der Waals surface area contributed by atoms with Crippen LogP contribution in [0.2, 0.25) is 0 Å². The predicted molar refractivity (Wildman–Crippen MR) is 56.5 cm³/mol. The minimum Gasteiger partial charge on any atom is -0.507 e. The van der Waals surface area contributed by atoms with Crippen LogP contribution in [0.3, 0.4) is 0 Å². The van der Waals surface area contributed by atoms with Gasteiger partial charge in [-0.2, -0.15) is 0 Å². The van der Waals surface area contributed by atoms with Gasteiger partial charge in [0.15, 0.2) is 0 Å². The third-order valence-electron chi connectivity index (χ3n) is 2.33. The van der Waals surface area contributed by atoms with Gasteiger partial charge in [0.05, 0.1) is 7.11 Å². The Morgan fingerprint density at radius 3 is 2.27 bits per heavy atom. The molecule has 15 heavy (non-hydrogen) atoms. The first-order valence-electron chi connectivity index (χ1n) is 4.61. The van der Waals surface area contributed by atoms with Crippen molar-refractivity contribution in [3.63, 3.8) is 0 Å². The van der Waals surface area contributed by atoms with Crippen molar-refractivity contribution < 1.29 is 14.6 Å². The molecule has 4 nitrogen and oxygen atoms in total. The van der Waals surface area contributed by atoms with Gasteiger partial charge in [-0.3, -0.25) is 4.79 Å². The third kappa shape index (κ3) is 2.27. The van der Waals surface area contributed by atoms with Gasteiger partial charge in [0, 0.05) is 0 Å². The molecule has 0 saturated carbocycles. The van der Waals surface area contributed by atoms with E-state index in [9.17, 15) is 9.90 Å². The number of rotatable bonds is 2. The van der Waals surface area contributed by atoms with Gasteiger partial charge >= 0.3 is 5.97 Å². The molecule has 1 aromatic rings. The molecule has 1 aromatic carbocycles. The number of methoxy groups -OCH3 is 1. The van der Waals surface area contributed by atoms with E-state index in [-0.39, 0.29) is 5.75 Å². The first-order chi connectivity index (χ1) is 6.97. The summed E-state index contributed by atoms with van der Waals surface area (Å²) in [6.07, 6.45) is 0. The lowest BCUT2D eigenvalue weighted by molar-refractivity contribution is -0.142. The molecule has 0 aromatic heterocycles. The number of ether oxygens (including phenoxy) is 1. The van der Waals surface area contributed by atoms with Crippen LogP contribution in [0.4, 0.5) is 0 Å². The molecule has 0 aliphatic heterocycles. The summed E-state index contributed by atoms with van der Waals surface area (Å²) < 4.78 is 4.55. The van der Waals surface area contributed by atoms with Gasteiger partial charge in [-0.25, -0.2) is 0 Å². The molecule has 1 rings (SSSR count). The lowest BCUT2D eigenvalue weighted by atomic mass is 10.0. The van der Waals surface area contributed by atoms with Crippen molar-refractivity contribution in [2.45, 2.75) is 19.9 Å². The van der Waals surface area contributed by atoms with Gasteiger partial charge in [-0.15, -0.1) is 0 Å². The van der Waals surface area contributed by atoms with E-state index in [2.05, 4.69) is 4.74 Å². The maximum Gasteiger partial charge on any atom is 0.327 e. The van der Waals surface area contributed by atoms with Crippen molar-refractivity contribution in [3.8, 4) is 5.75 Å². The highest BCUT2D eigenvalue weighted by atomic mass is 16.5. The van der Waals surface area contributed by atoms with Crippen LogP contribution in [0.1, 0.15) is 22.7 Å². The molecule has 0 amide bonds. The van der Waals surface area contributed by atoms with Crippen LogP contribution in [0, 0.1) is 13.8 Å². The monoisotopic (exact) mass is 209 g/mol. The summed E-state index contributed by atoms with van der Waals surface area (Å²) in [7, 11) is 1.29. The van der Waals surface area contributed by atoms with Crippen molar-refractivity contribution in [1.82, 2.24) is 0 Å². The molecule has 0 fully saturated rings. The summed E-state index contributed by atoms with van der Waals surface area (Å²) in [5.74, 6) is -0.254. The fraction of sp³-hybridized carbons (Fsp3) is 0.364. The Balaban J connectivity index is 3.11. The van der Waals surface area contributed by atoms with E-state index in [0.29, 0.717) is 16.7 Å². The van der Waals surface area contributed by atoms with E-state index in [1.54, 1.807) is 26.0 Å². The van der Waals surface area contributed by atoms with E-state index >= 15 is 0 Å². The smallest absolute Gasteiger partial charge is 0.327 e. The first-order valence-corrected chi connectivity index (χ1v) is 4.61. The SMILES string of the molecule is COC(=O)[C@@H](N)c1cc(C)c(O)c(C)c1. The largest absolute Gasteiger partial charge is 0.507 e. The van der Waals surface area contributed by atoms with Crippen LogP contribution >= 0.6 is 0 Å². The van der Waals surface area contributed by atoms with E-state index in [0.717, 1.165) is 0 Å². The van der Waals surface area contributed by atoms with Crippen molar-refractivity contribution >= 4 is 5.97 Å². The fourth-order valence-corrected chi connectivity index (χ4v) is 1.43. The molecule has 0 unspecified atom stereocenters. The third-order valence-corrected chi connectivity index (χ3v) is 2.33. The molecule has 0 aliphatic rings. The second kappa shape index (κ2) is 4.31. The van der Waals surface area contributed by atoms with Gasteiger partial charge in [-0.05, 0) is 30.5 Å². The topological polar surface area (TPSA) is 72.5 Å². The second-order valence-corrected chi connectivity index (χ2v) is 3.50. The molecule has 0 bridgehead atoms. The van der Waals surface area contributed by atoms with Crippen molar-refractivity contribution in [2.75, 3.05) is 7.11 Å². The summed E-state index contributed by atoms with van der Waals surface area (Å²) in [6, 6.07) is 2.57. The Kier molecular flexibility index (Phi) is 3.31. The van der Waals surface area contributed by atoms with Gasteiger partial charge in [0.25, 0.3) is 0 Å². The predicted octanol–water partition coefficient (Wildman–Crippen LogP) is 1.18. The Labute approximate surface area is 88.7 Å². The van der Waals surface area contributed by atoms with E-state index in [1.807, 2.05) is 0 Å². The van der Waals surface area contributed by atoms with Crippen molar-refractivity contribution in [1.29, 1.82) is 0 Å². The standard InChI is InChI=1S/C11H15NO3/c1-6-4-8(5-7(2)10(6)13)9(12)11(14)15-3/h4-5,9,13H,12H2,1-3H3/t9-/m0/s1. The van der Waals surface area contributed by atoms with Gasteiger partial charge in [0.1, 0.15) is 11.8 Å². The summed E-state index contributed by atoms with van der Waals surface area (Å²) in [5, 5.41) is 9.55. The highest BCUT2D eigenvalue weighted by Gasteiger charge is 2.17. The number of hydrogen-bond donors (Lipinski definition) is 2. The van der Waals surface area contributed by atoms with E-state index in [1.165, 1.54) is 7.11 Å². The lowest BCUT2D eigenvalue weighted by Gasteiger charge is -2.12. The zero-order valence-electron chi connectivity index (χ0n) is 9.07. The molecule has 0 saturated heterocycles. The number of carbonyl (C=O) groups is 1. The molecular formula is C11H15NO3. The minimum atomic E-state index is -0.798. The zero-order chi connectivity index (χ0) is 11.6. The number of nitrogens with two attached hydrogens (primary N) is 1. The van der Waals surface area contributed by atoms with Crippen LogP contribution in [-0.2, 0) is 9.53 Å². The molecule has 0 radical (unpaired) electrons. The van der Waals surface area contributed by atoms with Gasteiger partial charge < -0.3 is 15.6 Å². The molecule has 4 heteroatoms. The highest BCUT2D eigenvalue weighted by Crippen LogP contribution is 2.25. The number of carbonyl (C=O) groups excluding carboxylic acids is 1. The maximum absolute atomic E-state index is 11.2. The zero-order valence-corrected chi connectivity index (χ0v) is 9.07. The Bertz CT molecular complexity index is 364. The molecule has 82 valence electrons. The summed E-state index contributed by atoms with van der Waals surface area (Å²) in [6.45, 7) is 3.52. The average Bonchev–Trinajstić information content (AvgIpc) is 2.23. The lowest BCUT2D eigenvalue weighted by Crippen LogP contribution is -2.22. The number of hydrogen-bond acceptors (Lipinski definition) is 4. The number of benzene rings is 1. The Morgan fingerprint density at radius 1 is 1.40 bits per heavy atom. The van der Waals surface area contributed by atoms with E-state index < -0.39 is 12.0 Å². The van der Waals surface area contributed by atoms with Crippen molar-refractivity contribution in [3.05, 3.63) is 28.8 Å². The molecule has 0 heterocycles. The molecular weight excluding hydrogens is 194 g/mol. The van der Waals surface area contributed by atoms with Crippen LogP contribution in [0.5, 0.6) is 5.75 Å². The van der Waals surface area contributed by atoms with E-state index in [4.69, 9.17) is 5.73 Å². The quantitative estimate of drug-likeness (QED) is 0.717. The summed E-state index contributed by atoms with van der Waals surface area (Å²) >= 11 is 0. The number of phenols is 1.